The smallest absolute Gasteiger partial charge is 0.137 e. The number of hydrogen-bond donors (Lipinski definition) is 1. The molecular weight excluding hydrogens is 259 g/mol. The lowest BCUT2D eigenvalue weighted by atomic mass is 10.3. The number of halogens is 2. The van der Waals surface area contributed by atoms with Gasteiger partial charge >= 0.3 is 0 Å². The molecule has 17 heavy (non-hydrogen) atoms. The largest absolute Gasteiger partial charge is 0.491 e. The molecule has 1 aromatic carbocycles. The second-order valence-electron chi connectivity index (χ2n) is 4.02. The first kappa shape index (κ1) is 16.5. The van der Waals surface area contributed by atoms with Gasteiger partial charge in [-0.05, 0) is 26.1 Å². The summed E-state index contributed by atoms with van der Waals surface area (Å²) < 4.78 is 5.57. The van der Waals surface area contributed by atoms with Gasteiger partial charge in [0.1, 0.15) is 12.4 Å². The van der Waals surface area contributed by atoms with Gasteiger partial charge in [-0.25, -0.2) is 0 Å². The maximum absolute atomic E-state index is 5.97. The Labute approximate surface area is 114 Å². The molecule has 0 heterocycles. The van der Waals surface area contributed by atoms with E-state index in [4.69, 9.17) is 22.1 Å². The highest BCUT2D eigenvalue weighted by Crippen LogP contribution is 2.22. The number of benzene rings is 1. The Bertz CT molecular complexity index is 321. The molecule has 0 fully saturated rings. The maximum atomic E-state index is 5.97. The molecule has 0 spiro atoms. The van der Waals surface area contributed by atoms with Crippen molar-refractivity contribution in [1.82, 2.24) is 4.90 Å². The van der Waals surface area contributed by atoms with Gasteiger partial charge in [-0.3, -0.25) is 0 Å². The van der Waals surface area contributed by atoms with Crippen molar-refractivity contribution in [3.63, 3.8) is 0 Å². The molecule has 2 N–H and O–H groups in total. The Hall–Kier alpha value is -0.480. The first-order chi connectivity index (χ1) is 7.59. The minimum absolute atomic E-state index is 0. The molecule has 0 aromatic heterocycles. The average molecular weight is 279 g/mol. The summed E-state index contributed by atoms with van der Waals surface area (Å²) in [5.41, 5.74) is 5.70. The molecule has 0 aliphatic carbocycles. The van der Waals surface area contributed by atoms with E-state index in [2.05, 4.69) is 4.90 Å². The van der Waals surface area contributed by atoms with Gasteiger partial charge in [-0.2, -0.15) is 0 Å². The van der Waals surface area contributed by atoms with Crippen LogP contribution in [0.15, 0.2) is 24.3 Å². The van der Waals surface area contributed by atoms with E-state index in [0.29, 0.717) is 11.6 Å². The molecule has 0 radical (unpaired) electrons. The molecule has 3 nitrogen and oxygen atoms in total. The third-order valence-electron chi connectivity index (χ3n) is 2.17. The average Bonchev–Trinajstić information content (AvgIpc) is 2.19. The number of nitrogens with zero attached hydrogens (tertiary/aromatic N) is 1. The molecular formula is C12H20Cl2N2O. The molecule has 98 valence electrons. The Morgan fingerprint density at radius 2 is 2.06 bits per heavy atom. The summed E-state index contributed by atoms with van der Waals surface area (Å²) >= 11 is 5.97. The van der Waals surface area contributed by atoms with Gasteiger partial charge < -0.3 is 15.4 Å². The van der Waals surface area contributed by atoms with E-state index in [1.807, 2.05) is 38.2 Å². The van der Waals surface area contributed by atoms with Crippen LogP contribution >= 0.6 is 24.0 Å². The van der Waals surface area contributed by atoms with Gasteiger partial charge in [-0.1, -0.05) is 23.7 Å². The number of para-hydroxylation sites is 1. The van der Waals surface area contributed by atoms with E-state index >= 15 is 0 Å². The SMILES string of the molecule is CC(N)CN(C)CCOc1ccccc1Cl.Cl. The fraction of sp³-hybridized carbons (Fsp3) is 0.500. The Morgan fingerprint density at radius 3 is 2.65 bits per heavy atom. The lowest BCUT2D eigenvalue weighted by Crippen LogP contribution is -2.35. The van der Waals surface area contributed by atoms with E-state index in [9.17, 15) is 0 Å². The first-order valence-corrected chi connectivity index (χ1v) is 5.79. The van der Waals surface area contributed by atoms with Crippen molar-refractivity contribution in [2.45, 2.75) is 13.0 Å². The molecule has 1 aromatic rings. The molecule has 0 saturated carbocycles. The van der Waals surface area contributed by atoms with Crippen molar-refractivity contribution in [2.75, 3.05) is 26.7 Å². The van der Waals surface area contributed by atoms with Crippen LogP contribution in [-0.4, -0.2) is 37.7 Å². The van der Waals surface area contributed by atoms with Crippen LogP contribution in [0.2, 0.25) is 5.02 Å². The Morgan fingerprint density at radius 1 is 1.41 bits per heavy atom. The first-order valence-electron chi connectivity index (χ1n) is 5.41. The zero-order valence-corrected chi connectivity index (χ0v) is 11.8. The molecule has 0 bridgehead atoms. The quantitative estimate of drug-likeness (QED) is 0.869. The predicted molar refractivity (Wildman–Crippen MR) is 75.3 cm³/mol. The number of ether oxygens (including phenoxy) is 1. The van der Waals surface area contributed by atoms with Crippen LogP contribution in [0.3, 0.4) is 0 Å². The molecule has 1 unspecified atom stereocenters. The van der Waals surface area contributed by atoms with E-state index in [-0.39, 0.29) is 18.4 Å². The molecule has 1 atom stereocenters. The van der Waals surface area contributed by atoms with Gasteiger partial charge in [0.15, 0.2) is 0 Å². The predicted octanol–water partition coefficient (Wildman–Crippen LogP) is 2.42. The molecule has 0 amide bonds. The molecule has 1 rings (SSSR count). The normalized spacial score (nSPS) is 12.1. The fourth-order valence-corrected chi connectivity index (χ4v) is 1.65. The second-order valence-corrected chi connectivity index (χ2v) is 4.43. The summed E-state index contributed by atoms with van der Waals surface area (Å²) in [7, 11) is 2.03. The highest BCUT2D eigenvalue weighted by molar-refractivity contribution is 6.32. The van der Waals surface area contributed by atoms with Crippen molar-refractivity contribution < 1.29 is 4.74 Å². The van der Waals surface area contributed by atoms with Crippen molar-refractivity contribution >= 4 is 24.0 Å². The third-order valence-corrected chi connectivity index (χ3v) is 2.48. The summed E-state index contributed by atoms with van der Waals surface area (Å²) in [6.45, 7) is 4.32. The summed E-state index contributed by atoms with van der Waals surface area (Å²) in [6, 6.07) is 7.67. The zero-order chi connectivity index (χ0) is 12.0. The Balaban J connectivity index is 0.00000256. The number of nitrogens with two attached hydrogens (primary N) is 1. The van der Waals surface area contributed by atoms with E-state index in [1.54, 1.807) is 0 Å². The van der Waals surface area contributed by atoms with Gasteiger partial charge in [0.25, 0.3) is 0 Å². The van der Waals surface area contributed by atoms with Gasteiger partial charge in [0.2, 0.25) is 0 Å². The monoisotopic (exact) mass is 278 g/mol. The van der Waals surface area contributed by atoms with Crippen molar-refractivity contribution in [1.29, 1.82) is 0 Å². The van der Waals surface area contributed by atoms with E-state index in [1.165, 1.54) is 0 Å². The fourth-order valence-electron chi connectivity index (χ4n) is 1.46. The number of rotatable bonds is 6. The minimum atomic E-state index is 0. The third kappa shape index (κ3) is 6.74. The van der Waals surface area contributed by atoms with Crippen LogP contribution in [0.25, 0.3) is 0 Å². The van der Waals surface area contributed by atoms with E-state index < -0.39 is 0 Å². The molecule has 0 saturated heterocycles. The van der Waals surface area contributed by atoms with Crippen LogP contribution < -0.4 is 10.5 Å². The Kier molecular flexibility index (Phi) is 8.35. The van der Waals surface area contributed by atoms with Crippen LogP contribution in [0.1, 0.15) is 6.92 Å². The lowest BCUT2D eigenvalue weighted by Gasteiger charge is -2.19. The number of likely N-dealkylation sites (N-methyl/N-ethyl adjacent to an activating group) is 1. The second kappa shape index (κ2) is 8.59. The van der Waals surface area contributed by atoms with Gasteiger partial charge in [0, 0.05) is 19.1 Å². The van der Waals surface area contributed by atoms with Crippen molar-refractivity contribution in [3.05, 3.63) is 29.3 Å². The van der Waals surface area contributed by atoms with Crippen LogP contribution in [0, 0.1) is 0 Å². The zero-order valence-electron chi connectivity index (χ0n) is 10.2. The van der Waals surface area contributed by atoms with Crippen molar-refractivity contribution in [3.8, 4) is 5.75 Å². The topological polar surface area (TPSA) is 38.5 Å². The summed E-state index contributed by atoms with van der Waals surface area (Å²) in [6.07, 6.45) is 0. The number of hydrogen-bond acceptors (Lipinski definition) is 3. The molecule has 0 aliphatic heterocycles. The molecule has 0 aliphatic rings. The minimum Gasteiger partial charge on any atom is -0.491 e. The van der Waals surface area contributed by atoms with Crippen LogP contribution in [0.4, 0.5) is 0 Å². The highest BCUT2D eigenvalue weighted by atomic mass is 35.5. The van der Waals surface area contributed by atoms with Gasteiger partial charge in [0.05, 0.1) is 5.02 Å². The molecule has 5 heteroatoms. The van der Waals surface area contributed by atoms with Crippen LogP contribution in [0.5, 0.6) is 5.75 Å². The lowest BCUT2D eigenvalue weighted by molar-refractivity contribution is 0.232. The van der Waals surface area contributed by atoms with E-state index in [0.717, 1.165) is 18.8 Å². The maximum Gasteiger partial charge on any atom is 0.137 e. The van der Waals surface area contributed by atoms with Crippen molar-refractivity contribution in [2.24, 2.45) is 5.73 Å². The highest BCUT2D eigenvalue weighted by Gasteiger charge is 2.03. The van der Waals surface area contributed by atoms with Gasteiger partial charge in [-0.15, -0.1) is 12.4 Å². The summed E-state index contributed by atoms with van der Waals surface area (Å²) in [4.78, 5) is 2.14. The summed E-state index contributed by atoms with van der Waals surface area (Å²) in [5, 5.41) is 0.650. The standard InChI is InChI=1S/C12H19ClN2O.ClH/c1-10(14)9-15(2)7-8-16-12-6-4-3-5-11(12)13;/h3-6,10H,7-9,14H2,1-2H3;1H. The van der Waals surface area contributed by atoms with Crippen LogP contribution in [-0.2, 0) is 0 Å². The summed E-state index contributed by atoms with van der Waals surface area (Å²) in [5.74, 6) is 0.735.